The Labute approximate surface area is 190 Å². The summed E-state index contributed by atoms with van der Waals surface area (Å²) in [4.78, 5) is 32.7. The third-order valence-corrected chi connectivity index (χ3v) is 5.32. The van der Waals surface area contributed by atoms with Gasteiger partial charge in [-0.25, -0.2) is 14.2 Å². The zero-order chi connectivity index (χ0) is 22.8. The zero-order valence-corrected chi connectivity index (χ0v) is 18.5. The number of hydrogen-bond donors (Lipinski definition) is 1. The molecule has 0 spiro atoms. The molecular weight excluding hydrogens is 429 g/mol. The van der Waals surface area contributed by atoms with Crippen LogP contribution in [-0.2, 0) is 16.2 Å². The van der Waals surface area contributed by atoms with Crippen LogP contribution in [0.3, 0.4) is 0 Å². The maximum Gasteiger partial charge on any atom is 0.332 e. The molecule has 0 bridgehead atoms. The fraction of sp³-hybridized carbons (Fsp3) is 0.208. The molecule has 0 aliphatic rings. The number of allylic oxidation sites excluding steroid dienone is 1. The fourth-order valence-corrected chi connectivity index (χ4v) is 3.40. The monoisotopic (exact) mass is 453 g/mol. The molecule has 0 aliphatic heterocycles. The number of nitrogens with one attached hydrogen (secondary N) is 1. The standard InChI is InChI=1S/C24H24FN3O3S/c1-32-14-2-3-23(29)31-27-24(30)20-6-4-18(5-7-20)15-21(16-28-13-12-26-17-28)19-8-10-22(25)11-9-19/h4-13,15,17H,2-3,14,16H2,1H3,(H,27,30)/b21-15-. The summed E-state index contributed by atoms with van der Waals surface area (Å²) in [5, 5.41) is 0. The van der Waals surface area contributed by atoms with Gasteiger partial charge in [0.1, 0.15) is 5.82 Å². The topological polar surface area (TPSA) is 73.2 Å². The summed E-state index contributed by atoms with van der Waals surface area (Å²) in [5.74, 6) is -0.388. The number of rotatable bonds is 9. The molecule has 3 rings (SSSR count). The number of hydroxylamine groups is 1. The summed E-state index contributed by atoms with van der Waals surface area (Å²) in [5.41, 5.74) is 5.28. The lowest BCUT2D eigenvalue weighted by Gasteiger charge is -2.10. The Kier molecular flexibility index (Phi) is 8.62. The Bertz CT molecular complexity index is 1050. The molecule has 32 heavy (non-hydrogen) atoms. The quantitative estimate of drug-likeness (QED) is 0.291. The van der Waals surface area contributed by atoms with E-state index in [1.807, 2.05) is 23.1 Å². The van der Waals surface area contributed by atoms with E-state index in [9.17, 15) is 14.0 Å². The van der Waals surface area contributed by atoms with Crippen LogP contribution in [0.5, 0.6) is 0 Å². The van der Waals surface area contributed by atoms with Crippen molar-refractivity contribution >= 4 is 35.3 Å². The molecule has 0 unspecified atom stereocenters. The van der Waals surface area contributed by atoms with Crippen LogP contribution in [0.2, 0.25) is 0 Å². The number of nitrogens with zero attached hydrogens (tertiary/aromatic N) is 2. The van der Waals surface area contributed by atoms with Crippen LogP contribution in [0, 0.1) is 5.82 Å². The van der Waals surface area contributed by atoms with E-state index in [0.29, 0.717) is 18.5 Å². The van der Waals surface area contributed by atoms with E-state index in [4.69, 9.17) is 4.84 Å². The molecule has 1 heterocycles. The van der Waals surface area contributed by atoms with Crippen molar-refractivity contribution in [1.82, 2.24) is 15.0 Å². The normalized spacial score (nSPS) is 11.2. The van der Waals surface area contributed by atoms with E-state index in [-0.39, 0.29) is 12.2 Å². The fourth-order valence-electron chi connectivity index (χ4n) is 2.97. The number of carbonyl (C=O) groups is 2. The van der Waals surface area contributed by atoms with Crippen molar-refractivity contribution < 1.29 is 18.8 Å². The van der Waals surface area contributed by atoms with Crippen molar-refractivity contribution in [2.75, 3.05) is 12.0 Å². The number of halogens is 1. The number of amides is 1. The molecule has 0 atom stereocenters. The Morgan fingerprint density at radius 1 is 1.12 bits per heavy atom. The number of aromatic nitrogens is 2. The average molecular weight is 454 g/mol. The van der Waals surface area contributed by atoms with Gasteiger partial charge < -0.3 is 9.40 Å². The molecule has 166 valence electrons. The first-order valence-electron chi connectivity index (χ1n) is 10.1. The number of benzene rings is 2. The van der Waals surface area contributed by atoms with E-state index < -0.39 is 11.9 Å². The first kappa shape index (κ1) is 23.3. The highest BCUT2D eigenvalue weighted by atomic mass is 32.2. The van der Waals surface area contributed by atoms with Crippen molar-refractivity contribution in [3.05, 3.63) is 89.8 Å². The van der Waals surface area contributed by atoms with Gasteiger partial charge in [-0.05, 0) is 65.5 Å². The molecule has 2 aromatic carbocycles. The van der Waals surface area contributed by atoms with E-state index in [0.717, 1.165) is 22.5 Å². The molecule has 1 aromatic heterocycles. The summed E-state index contributed by atoms with van der Waals surface area (Å²) in [6, 6.07) is 13.2. The highest BCUT2D eigenvalue weighted by Gasteiger charge is 2.10. The van der Waals surface area contributed by atoms with Gasteiger partial charge in [0.05, 0.1) is 6.33 Å². The predicted molar refractivity (Wildman–Crippen MR) is 124 cm³/mol. The number of thioether (sulfide) groups is 1. The van der Waals surface area contributed by atoms with Crippen molar-refractivity contribution in [3.8, 4) is 0 Å². The van der Waals surface area contributed by atoms with Crippen LogP contribution in [0.25, 0.3) is 11.6 Å². The maximum absolute atomic E-state index is 13.4. The molecule has 0 aliphatic carbocycles. The van der Waals surface area contributed by atoms with Crippen molar-refractivity contribution in [2.45, 2.75) is 19.4 Å². The van der Waals surface area contributed by atoms with Gasteiger partial charge in [0.2, 0.25) is 0 Å². The third kappa shape index (κ3) is 7.09. The molecule has 0 radical (unpaired) electrons. The molecule has 6 nitrogen and oxygen atoms in total. The smallest absolute Gasteiger partial charge is 0.332 e. The van der Waals surface area contributed by atoms with E-state index in [1.165, 1.54) is 12.1 Å². The minimum atomic E-state index is -0.490. The van der Waals surface area contributed by atoms with Crippen molar-refractivity contribution in [1.29, 1.82) is 0 Å². The number of carbonyl (C=O) groups excluding carboxylic acids is 2. The van der Waals surface area contributed by atoms with E-state index in [2.05, 4.69) is 10.5 Å². The van der Waals surface area contributed by atoms with Crippen LogP contribution in [0.4, 0.5) is 4.39 Å². The number of hydrogen-bond acceptors (Lipinski definition) is 5. The van der Waals surface area contributed by atoms with Gasteiger partial charge in [0.15, 0.2) is 0 Å². The molecular formula is C24H24FN3O3S. The Hall–Kier alpha value is -3.39. The first-order valence-corrected chi connectivity index (χ1v) is 11.5. The highest BCUT2D eigenvalue weighted by molar-refractivity contribution is 7.98. The van der Waals surface area contributed by atoms with Crippen LogP contribution >= 0.6 is 11.8 Å². The Balaban J connectivity index is 1.68. The van der Waals surface area contributed by atoms with Crippen molar-refractivity contribution in [3.63, 3.8) is 0 Å². The predicted octanol–water partition coefficient (Wildman–Crippen LogP) is 4.59. The van der Waals surface area contributed by atoms with Crippen LogP contribution in [0.1, 0.15) is 34.3 Å². The number of imidazole rings is 1. The van der Waals surface area contributed by atoms with Gasteiger partial charge in [0.25, 0.3) is 5.91 Å². The molecule has 0 saturated heterocycles. The largest absolute Gasteiger partial charge is 0.341 e. The van der Waals surface area contributed by atoms with Crippen LogP contribution in [0.15, 0.2) is 67.3 Å². The lowest BCUT2D eigenvalue weighted by Crippen LogP contribution is -2.27. The van der Waals surface area contributed by atoms with E-state index >= 15 is 0 Å². The lowest BCUT2D eigenvalue weighted by atomic mass is 10.0. The van der Waals surface area contributed by atoms with E-state index in [1.54, 1.807) is 60.7 Å². The summed E-state index contributed by atoms with van der Waals surface area (Å²) in [6.07, 6.45) is 10.2. The maximum atomic E-state index is 13.4. The Morgan fingerprint density at radius 2 is 1.84 bits per heavy atom. The first-order chi connectivity index (χ1) is 15.5. The summed E-state index contributed by atoms with van der Waals surface area (Å²) >= 11 is 1.65. The molecule has 0 saturated carbocycles. The summed E-state index contributed by atoms with van der Waals surface area (Å²) in [6.45, 7) is 0.556. The van der Waals surface area contributed by atoms with Crippen LogP contribution < -0.4 is 5.48 Å². The minimum absolute atomic E-state index is 0.258. The van der Waals surface area contributed by atoms with Gasteiger partial charge in [-0.2, -0.15) is 17.2 Å². The Morgan fingerprint density at radius 3 is 2.50 bits per heavy atom. The SMILES string of the molecule is CSCCCC(=O)ONC(=O)c1ccc(/C=C(/Cn2ccnc2)c2ccc(F)cc2)cc1. The third-order valence-electron chi connectivity index (χ3n) is 4.63. The molecule has 3 aromatic rings. The second-order valence-corrected chi connectivity index (χ2v) is 8.02. The second-order valence-electron chi connectivity index (χ2n) is 7.04. The zero-order valence-electron chi connectivity index (χ0n) is 17.7. The molecule has 1 amide bonds. The minimum Gasteiger partial charge on any atom is -0.341 e. The lowest BCUT2D eigenvalue weighted by molar-refractivity contribution is -0.149. The highest BCUT2D eigenvalue weighted by Crippen LogP contribution is 2.21. The van der Waals surface area contributed by atoms with Gasteiger partial charge in [-0.3, -0.25) is 4.79 Å². The van der Waals surface area contributed by atoms with Gasteiger partial charge in [0, 0.05) is 30.9 Å². The second kappa shape index (κ2) is 11.9. The molecule has 8 heteroatoms. The molecule has 1 N–H and O–H groups in total. The van der Waals surface area contributed by atoms with Gasteiger partial charge in [-0.1, -0.05) is 24.3 Å². The summed E-state index contributed by atoms with van der Waals surface area (Å²) in [7, 11) is 0. The van der Waals surface area contributed by atoms with Gasteiger partial charge in [-0.15, -0.1) is 0 Å². The average Bonchev–Trinajstić information content (AvgIpc) is 3.31. The van der Waals surface area contributed by atoms with Crippen LogP contribution in [-0.4, -0.2) is 33.4 Å². The summed E-state index contributed by atoms with van der Waals surface area (Å²) < 4.78 is 15.3. The van der Waals surface area contributed by atoms with Crippen molar-refractivity contribution in [2.24, 2.45) is 0 Å². The van der Waals surface area contributed by atoms with Gasteiger partial charge >= 0.3 is 5.97 Å². The molecule has 0 fully saturated rings.